The number of unbranched alkanes of at least 4 members (excludes halogenated alkanes) is 9. The number of hydrogen-bond acceptors (Lipinski definition) is 10. The summed E-state index contributed by atoms with van der Waals surface area (Å²) in [4.78, 5) is 48.6. The standard InChI is InChI=1S/C66H103O11P/c1-4-7-10-13-16-19-22-25-27-29-31-33-35-38-40-43-46-49-52-55-64(68)73-59-63(77-66(70)57-54-51-48-45-42-39-36-34-32-30-28-26-23-20-17-14-11-8-5-2)61-75-78(71,72)74-60-62(58-67)76-65(69)56-53-50-47-44-41-37-24-21-18-15-12-9-6-3/h7-12,16-21,25-28,31-34,37,39,41-42,48,51,62-63,67H,4-6,13-15,22-24,29-30,35-36,38,40,43-47,49-50,52-61H2,1-3H3,(H,71,72)/b10-7-,11-8-,12-9-,19-16-,20-17-,21-18-,27-25-,28-26-,33-31-,34-32-,41-37-,42-39-,51-48-. The predicted molar refractivity (Wildman–Crippen MR) is 325 cm³/mol. The lowest BCUT2D eigenvalue weighted by Crippen LogP contribution is -2.30. The summed E-state index contributed by atoms with van der Waals surface area (Å²) in [5.74, 6) is -1.64. The molecule has 0 bridgehead atoms. The molecule has 12 heteroatoms. The van der Waals surface area contributed by atoms with Crippen LogP contribution in [0.25, 0.3) is 0 Å². The molecule has 0 spiro atoms. The minimum atomic E-state index is -4.79. The fourth-order valence-corrected chi connectivity index (χ4v) is 7.88. The number of carbonyl (C=O) groups excluding carboxylic acids is 3. The van der Waals surface area contributed by atoms with Gasteiger partial charge in [0.05, 0.1) is 19.8 Å². The van der Waals surface area contributed by atoms with Crippen LogP contribution >= 0.6 is 7.82 Å². The lowest BCUT2D eigenvalue weighted by molar-refractivity contribution is -0.161. The Hall–Kier alpha value is -4.90. The predicted octanol–water partition coefficient (Wildman–Crippen LogP) is 17.7. The van der Waals surface area contributed by atoms with Crippen molar-refractivity contribution in [3.8, 4) is 0 Å². The molecule has 0 radical (unpaired) electrons. The second kappa shape index (κ2) is 58.3. The van der Waals surface area contributed by atoms with Gasteiger partial charge in [0.25, 0.3) is 0 Å². The molecule has 0 aliphatic rings. The van der Waals surface area contributed by atoms with Crippen LogP contribution in [0.15, 0.2) is 158 Å². The van der Waals surface area contributed by atoms with Gasteiger partial charge in [0, 0.05) is 19.3 Å². The summed E-state index contributed by atoms with van der Waals surface area (Å²) in [6, 6.07) is 0. The molecule has 0 aromatic carbocycles. The Bertz CT molecular complexity index is 1910. The highest BCUT2D eigenvalue weighted by Gasteiger charge is 2.28. The second-order valence-corrected chi connectivity index (χ2v) is 20.1. The number of allylic oxidation sites excluding steroid dienone is 26. The summed E-state index contributed by atoms with van der Waals surface area (Å²) in [5, 5.41) is 9.81. The maximum absolute atomic E-state index is 12.9. The first-order valence-corrected chi connectivity index (χ1v) is 30.9. The monoisotopic (exact) mass is 1100 g/mol. The van der Waals surface area contributed by atoms with Crippen molar-refractivity contribution < 1.29 is 52.2 Å². The van der Waals surface area contributed by atoms with Gasteiger partial charge in [0.2, 0.25) is 0 Å². The molecule has 3 unspecified atom stereocenters. The molecule has 0 amide bonds. The fourth-order valence-electron chi connectivity index (χ4n) is 7.09. The number of aliphatic hydroxyl groups excluding tert-OH is 1. The van der Waals surface area contributed by atoms with Crippen molar-refractivity contribution in [2.24, 2.45) is 0 Å². The van der Waals surface area contributed by atoms with E-state index in [2.05, 4.69) is 167 Å². The molecular formula is C66H103O11P. The molecule has 0 heterocycles. The van der Waals surface area contributed by atoms with Gasteiger partial charge in [-0.2, -0.15) is 0 Å². The van der Waals surface area contributed by atoms with Crippen molar-refractivity contribution in [2.75, 3.05) is 26.4 Å². The molecule has 3 atom stereocenters. The number of esters is 3. The van der Waals surface area contributed by atoms with E-state index in [1.807, 2.05) is 12.2 Å². The minimum absolute atomic E-state index is 0.0272. The van der Waals surface area contributed by atoms with Crippen molar-refractivity contribution in [1.29, 1.82) is 0 Å². The van der Waals surface area contributed by atoms with Crippen LogP contribution in [0.3, 0.4) is 0 Å². The van der Waals surface area contributed by atoms with Crippen LogP contribution in [0.2, 0.25) is 0 Å². The van der Waals surface area contributed by atoms with Gasteiger partial charge < -0.3 is 24.2 Å². The van der Waals surface area contributed by atoms with E-state index in [4.69, 9.17) is 23.3 Å². The Labute approximate surface area is 473 Å². The van der Waals surface area contributed by atoms with Gasteiger partial charge in [0.15, 0.2) is 6.10 Å². The molecule has 78 heavy (non-hydrogen) atoms. The molecule has 11 nitrogen and oxygen atoms in total. The average molecular weight is 1100 g/mol. The van der Waals surface area contributed by atoms with E-state index in [9.17, 15) is 28.9 Å². The summed E-state index contributed by atoms with van der Waals surface area (Å²) in [6.45, 7) is 4.14. The molecule has 0 saturated heterocycles. The molecular weight excluding hydrogens is 1000 g/mol. The van der Waals surface area contributed by atoms with Gasteiger partial charge in [-0.05, 0) is 128 Å². The third-order valence-electron chi connectivity index (χ3n) is 11.4. The van der Waals surface area contributed by atoms with Crippen LogP contribution in [0, 0.1) is 0 Å². The third kappa shape index (κ3) is 55.8. The van der Waals surface area contributed by atoms with Crippen molar-refractivity contribution in [2.45, 2.75) is 213 Å². The summed E-state index contributed by atoms with van der Waals surface area (Å²) in [5.41, 5.74) is 0. The minimum Gasteiger partial charge on any atom is -0.462 e. The van der Waals surface area contributed by atoms with E-state index in [1.54, 1.807) is 0 Å². The highest BCUT2D eigenvalue weighted by molar-refractivity contribution is 7.47. The van der Waals surface area contributed by atoms with Gasteiger partial charge in [-0.15, -0.1) is 0 Å². The SMILES string of the molecule is CC/C=C\C/C=C\C/C=C\C/C=C\C/C=C\C/C=C\CCC(=O)OC(COC(=O)CCCCCCCC/C=C\C/C=C\C/C=C\C/C=C\CC)COP(=O)(O)OCC(CO)OC(=O)CCCCC/C=C\C/C=C\C/C=C\CC. The molecule has 0 aliphatic heterocycles. The average Bonchev–Trinajstić information content (AvgIpc) is 3.43. The topological polar surface area (TPSA) is 155 Å². The quantitative estimate of drug-likeness (QED) is 0.0197. The summed E-state index contributed by atoms with van der Waals surface area (Å²) >= 11 is 0. The van der Waals surface area contributed by atoms with Gasteiger partial charge in [0.1, 0.15) is 12.7 Å². The number of phosphoric ester groups is 1. The smallest absolute Gasteiger partial charge is 0.462 e. The molecule has 0 aromatic rings. The fraction of sp³-hybridized carbons (Fsp3) is 0.561. The summed E-state index contributed by atoms with van der Waals surface area (Å²) in [6.07, 6.45) is 76.5. The molecule has 0 fully saturated rings. The molecule has 438 valence electrons. The number of carbonyl (C=O) groups is 3. The Morgan fingerprint density at radius 1 is 0.359 bits per heavy atom. The van der Waals surface area contributed by atoms with E-state index in [0.717, 1.165) is 135 Å². The Balaban J connectivity index is 4.92. The van der Waals surface area contributed by atoms with E-state index in [-0.39, 0.29) is 25.9 Å². The number of ether oxygens (including phenoxy) is 3. The first kappa shape index (κ1) is 73.1. The van der Waals surface area contributed by atoms with Crippen LogP contribution in [0.1, 0.15) is 201 Å². The largest absolute Gasteiger partial charge is 0.472 e. The van der Waals surface area contributed by atoms with Gasteiger partial charge >= 0.3 is 25.7 Å². The molecule has 0 aromatic heterocycles. The van der Waals surface area contributed by atoms with Crippen LogP contribution in [-0.2, 0) is 42.2 Å². The van der Waals surface area contributed by atoms with Gasteiger partial charge in [-0.25, -0.2) is 4.57 Å². The van der Waals surface area contributed by atoms with Gasteiger partial charge in [-0.3, -0.25) is 23.4 Å². The zero-order chi connectivity index (χ0) is 56.9. The number of aliphatic hydroxyl groups is 1. The normalized spacial score (nSPS) is 14.5. The lowest BCUT2D eigenvalue weighted by Gasteiger charge is -2.21. The molecule has 0 rings (SSSR count). The Kier molecular flexibility index (Phi) is 54.6. The molecule has 2 N–H and O–H groups in total. The summed E-state index contributed by atoms with van der Waals surface area (Å²) < 4.78 is 39.4. The highest BCUT2D eigenvalue weighted by atomic mass is 31.2. The zero-order valence-electron chi connectivity index (χ0n) is 48.3. The molecule has 0 saturated carbocycles. The van der Waals surface area contributed by atoms with Crippen LogP contribution < -0.4 is 0 Å². The van der Waals surface area contributed by atoms with Crippen LogP contribution in [-0.4, -0.2) is 66.5 Å². The highest BCUT2D eigenvalue weighted by Crippen LogP contribution is 2.43. The Morgan fingerprint density at radius 2 is 0.654 bits per heavy atom. The van der Waals surface area contributed by atoms with E-state index >= 15 is 0 Å². The van der Waals surface area contributed by atoms with Crippen LogP contribution in [0.5, 0.6) is 0 Å². The van der Waals surface area contributed by atoms with Crippen molar-refractivity contribution in [1.82, 2.24) is 0 Å². The lowest BCUT2D eigenvalue weighted by atomic mass is 10.1. The van der Waals surface area contributed by atoms with Crippen molar-refractivity contribution in [3.05, 3.63) is 158 Å². The van der Waals surface area contributed by atoms with E-state index < -0.39 is 57.8 Å². The van der Waals surface area contributed by atoms with Crippen molar-refractivity contribution in [3.63, 3.8) is 0 Å². The number of phosphoric acid groups is 1. The van der Waals surface area contributed by atoms with Gasteiger partial charge in [-0.1, -0.05) is 211 Å². The van der Waals surface area contributed by atoms with E-state index in [0.29, 0.717) is 25.7 Å². The second-order valence-electron chi connectivity index (χ2n) is 18.7. The van der Waals surface area contributed by atoms with Crippen LogP contribution in [0.4, 0.5) is 0 Å². The van der Waals surface area contributed by atoms with Crippen molar-refractivity contribution >= 4 is 25.7 Å². The molecule has 0 aliphatic carbocycles. The maximum atomic E-state index is 12.9. The maximum Gasteiger partial charge on any atom is 0.472 e. The first-order chi connectivity index (χ1) is 38.2. The number of hydrogen-bond donors (Lipinski definition) is 2. The Morgan fingerprint density at radius 3 is 1.05 bits per heavy atom. The third-order valence-corrected chi connectivity index (χ3v) is 12.4. The van der Waals surface area contributed by atoms with E-state index in [1.165, 1.54) is 0 Å². The first-order valence-electron chi connectivity index (χ1n) is 29.4. The number of rotatable bonds is 52. The summed E-state index contributed by atoms with van der Waals surface area (Å²) in [7, 11) is -4.79. The zero-order valence-corrected chi connectivity index (χ0v) is 49.2.